The Hall–Kier alpha value is -1.07. The van der Waals surface area contributed by atoms with Gasteiger partial charge in [0, 0.05) is 11.8 Å². The summed E-state index contributed by atoms with van der Waals surface area (Å²) >= 11 is 11.0. The SMILES string of the molecule is CC(C)C(=O)NC(=O)C(NC(=O)C(C)C)=C(Cl)Cl. The molecule has 0 saturated carbocycles. The number of amides is 3. The molecule has 0 aromatic heterocycles. The van der Waals surface area contributed by atoms with Gasteiger partial charge in [-0.2, -0.15) is 0 Å². The maximum Gasteiger partial charge on any atom is 0.276 e. The average molecular weight is 295 g/mol. The number of carbonyl (C=O) groups excluding carboxylic acids is 3. The first-order valence-corrected chi connectivity index (χ1v) is 6.13. The molecule has 3 amide bonds. The molecule has 2 N–H and O–H groups in total. The number of rotatable bonds is 4. The van der Waals surface area contributed by atoms with Crippen LogP contribution in [-0.4, -0.2) is 17.7 Å². The average Bonchev–Trinajstić information content (AvgIpc) is 2.24. The predicted octanol–water partition coefficient (Wildman–Crippen LogP) is 1.70. The van der Waals surface area contributed by atoms with Crippen molar-refractivity contribution < 1.29 is 14.4 Å². The number of imide groups is 1. The number of hydrogen-bond acceptors (Lipinski definition) is 3. The number of nitrogens with one attached hydrogen (secondary N) is 2. The molecule has 0 aliphatic rings. The minimum Gasteiger partial charge on any atom is -0.319 e. The lowest BCUT2D eigenvalue weighted by Gasteiger charge is -2.12. The summed E-state index contributed by atoms with van der Waals surface area (Å²) in [5.74, 6) is -2.45. The third kappa shape index (κ3) is 5.51. The maximum absolute atomic E-state index is 11.7. The van der Waals surface area contributed by atoms with Crippen molar-refractivity contribution >= 4 is 40.9 Å². The van der Waals surface area contributed by atoms with E-state index in [4.69, 9.17) is 23.2 Å². The highest BCUT2D eigenvalue weighted by atomic mass is 35.5. The molecule has 0 unspecified atom stereocenters. The van der Waals surface area contributed by atoms with Gasteiger partial charge in [-0.25, -0.2) is 0 Å². The van der Waals surface area contributed by atoms with E-state index in [2.05, 4.69) is 10.6 Å². The fourth-order valence-electron chi connectivity index (χ4n) is 0.776. The van der Waals surface area contributed by atoms with E-state index in [9.17, 15) is 14.4 Å². The molecule has 7 heteroatoms. The zero-order chi connectivity index (χ0) is 14.5. The first kappa shape index (κ1) is 16.9. The normalized spacial score (nSPS) is 10.2. The largest absolute Gasteiger partial charge is 0.319 e. The summed E-state index contributed by atoms with van der Waals surface area (Å²) in [6.45, 7) is 6.54. The highest BCUT2D eigenvalue weighted by Gasteiger charge is 2.21. The molecule has 0 saturated heterocycles. The highest BCUT2D eigenvalue weighted by Crippen LogP contribution is 2.13. The second-order valence-electron chi connectivity index (χ2n) is 4.25. The van der Waals surface area contributed by atoms with Gasteiger partial charge in [-0.15, -0.1) is 0 Å². The Balaban J connectivity index is 4.85. The lowest BCUT2D eigenvalue weighted by atomic mass is 10.2. The fraction of sp³-hybridized carbons (Fsp3) is 0.545. The summed E-state index contributed by atoms with van der Waals surface area (Å²) in [5, 5.41) is 4.36. The topological polar surface area (TPSA) is 75.3 Å². The van der Waals surface area contributed by atoms with Crippen molar-refractivity contribution in [3.8, 4) is 0 Å². The summed E-state index contributed by atoms with van der Waals surface area (Å²) < 4.78 is -0.405. The molecule has 0 radical (unpaired) electrons. The van der Waals surface area contributed by atoms with Crippen LogP contribution in [0.15, 0.2) is 10.2 Å². The van der Waals surface area contributed by atoms with Crippen LogP contribution in [0.1, 0.15) is 27.7 Å². The van der Waals surface area contributed by atoms with E-state index in [1.165, 1.54) is 0 Å². The number of halogens is 2. The zero-order valence-corrected chi connectivity index (χ0v) is 12.1. The Morgan fingerprint density at radius 2 is 1.22 bits per heavy atom. The van der Waals surface area contributed by atoms with E-state index < -0.39 is 22.2 Å². The Bertz CT molecular complexity index is 386. The van der Waals surface area contributed by atoms with Crippen LogP contribution in [-0.2, 0) is 14.4 Å². The molecule has 0 atom stereocenters. The maximum atomic E-state index is 11.7. The predicted molar refractivity (Wildman–Crippen MR) is 69.7 cm³/mol. The summed E-state index contributed by atoms with van der Waals surface area (Å²) in [7, 11) is 0. The number of carbonyl (C=O) groups is 3. The van der Waals surface area contributed by atoms with Gasteiger partial charge in [0.25, 0.3) is 5.91 Å². The summed E-state index contributed by atoms with van der Waals surface area (Å²) in [6, 6.07) is 0. The molecular formula is C11H16Cl2N2O3. The quantitative estimate of drug-likeness (QED) is 0.775. The van der Waals surface area contributed by atoms with Gasteiger partial charge in [-0.3, -0.25) is 19.7 Å². The Kier molecular flexibility index (Phi) is 6.94. The third-order valence-electron chi connectivity index (χ3n) is 1.95. The van der Waals surface area contributed by atoms with Crippen LogP contribution < -0.4 is 10.6 Å². The van der Waals surface area contributed by atoms with Gasteiger partial charge < -0.3 is 5.32 Å². The van der Waals surface area contributed by atoms with Crippen LogP contribution in [0.4, 0.5) is 0 Å². The van der Waals surface area contributed by atoms with Crippen LogP contribution >= 0.6 is 23.2 Å². The molecule has 0 fully saturated rings. The van der Waals surface area contributed by atoms with Crippen LogP contribution in [0, 0.1) is 11.8 Å². The van der Waals surface area contributed by atoms with Gasteiger partial charge in [-0.1, -0.05) is 50.9 Å². The number of hydrogen-bond donors (Lipinski definition) is 2. The molecule has 0 rings (SSSR count). The molecule has 0 heterocycles. The second-order valence-corrected chi connectivity index (χ2v) is 5.20. The van der Waals surface area contributed by atoms with Gasteiger partial charge in [0.1, 0.15) is 10.2 Å². The van der Waals surface area contributed by atoms with Crippen molar-refractivity contribution in [3.63, 3.8) is 0 Å². The molecule has 18 heavy (non-hydrogen) atoms. The van der Waals surface area contributed by atoms with Gasteiger partial charge in [0.2, 0.25) is 11.8 Å². The van der Waals surface area contributed by atoms with E-state index in [0.29, 0.717) is 0 Å². The van der Waals surface area contributed by atoms with Gasteiger partial charge >= 0.3 is 0 Å². The van der Waals surface area contributed by atoms with Gasteiger partial charge in [-0.05, 0) is 0 Å². The van der Waals surface area contributed by atoms with Crippen molar-refractivity contribution in [1.29, 1.82) is 0 Å². The van der Waals surface area contributed by atoms with Crippen LogP contribution in [0.3, 0.4) is 0 Å². The lowest BCUT2D eigenvalue weighted by molar-refractivity contribution is -0.132. The first-order valence-electron chi connectivity index (χ1n) is 5.38. The van der Waals surface area contributed by atoms with Crippen molar-refractivity contribution in [2.45, 2.75) is 27.7 Å². The summed E-state index contributed by atoms with van der Waals surface area (Å²) in [4.78, 5) is 34.5. The molecule has 0 aromatic rings. The Labute approximate surface area is 116 Å². The van der Waals surface area contributed by atoms with Crippen molar-refractivity contribution in [2.75, 3.05) is 0 Å². The lowest BCUT2D eigenvalue weighted by Crippen LogP contribution is -2.41. The van der Waals surface area contributed by atoms with Crippen molar-refractivity contribution in [3.05, 3.63) is 10.2 Å². The second kappa shape index (κ2) is 7.38. The highest BCUT2D eigenvalue weighted by molar-refractivity contribution is 6.57. The molecule has 0 aliphatic carbocycles. The smallest absolute Gasteiger partial charge is 0.276 e. The molecule has 102 valence electrons. The van der Waals surface area contributed by atoms with Gasteiger partial charge in [0.15, 0.2) is 0 Å². The minimum absolute atomic E-state index is 0.328. The molecule has 0 spiro atoms. The van der Waals surface area contributed by atoms with Crippen LogP contribution in [0.5, 0.6) is 0 Å². The Morgan fingerprint density at radius 1 is 0.833 bits per heavy atom. The van der Waals surface area contributed by atoms with E-state index in [0.717, 1.165) is 0 Å². The molecular weight excluding hydrogens is 279 g/mol. The van der Waals surface area contributed by atoms with Crippen molar-refractivity contribution in [1.82, 2.24) is 10.6 Å². The molecule has 0 aromatic carbocycles. The third-order valence-corrected chi connectivity index (χ3v) is 2.33. The summed E-state index contributed by atoms with van der Waals surface area (Å²) in [5.41, 5.74) is -0.328. The zero-order valence-electron chi connectivity index (χ0n) is 10.6. The minimum atomic E-state index is -0.831. The van der Waals surface area contributed by atoms with Crippen LogP contribution in [0.25, 0.3) is 0 Å². The van der Waals surface area contributed by atoms with E-state index in [1.807, 2.05) is 0 Å². The fourth-order valence-corrected chi connectivity index (χ4v) is 1.04. The Morgan fingerprint density at radius 3 is 1.56 bits per heavy atom. The molecule has 0 bridgehead atoms. The standard InChI is InChI=1S/C11H16Cl2N2O3/c1-5(2)9(16)14-7(8(12)13)11(18)15-10(17)6(3)4/h5-6H,1-4H3,(H,14,16)(H,15,17,18). The van der Waals surface area contributed by atoms with E-state index in [-0.39, 0.29) is 17.5 Å². The van der Waals surface area contributed by atoms with E-state index >= 15 is 0 Å². The van der Waals surface area contributed by atoms with E-state index in [1.54, 1.807) is 27.7 Å². The first-order chi connectivity index (χ1) is 8.16. The van der Waals surface area contributed by atoms with Crippen LogP contribution in [0.2, 0.25) is 0 Å². The summed E-state index contributed by atoms with van der Waals surface area (Å²) in [6.07, 6.45) is 0. The van der Waals surface area contributed by atoms with Crippen molar-refractivity contribution in [2.24, 2.45) is 11.8 Å². The monoisotopic (exact) mass is 294 g/mol. The molecule has 0 aliphatic heterocycles. The van der Waals surface area contributed by atoms with Gasteiger partial charge in [0.05, 0.1) is 0 Å². The molecule has 5 nitrogen and oxygen atoms in total.